The SMILES string of the molecule is O=C1NC(=O)c2ccc(Br)cc2/C1=C/NCc1ccc(OCCN2CCCC2)c(O)c1. The van der Waals surface area contributed by atoms with Gasteiger partial charge in [0.25, 0.3) is 11.8 Å². The number of nitrogens with zero attached hydrogens (tertiary/aromatic N) is 1. The minimum atomic E-state index is -0.451. The molecule has 3 N–H and O–H groups in total. The van der Waals surface area contributed by atoms with Gasteiger partial charge in [-0.15, -0.1) is 0 Å². The summed E-state index contributed by atoms with van der Waals surface area (Å²) in [5, 5.41) is 15.7. The van der Waals surface area contributed by atoms with Crippen molar-refractivity contribution >= 4 is 33.3 Å². The topological polar surface area (TPSA) is 90.9 Å². The van der Waals surface area contributed by atoms with Crippen molar-refractivity contribution in [1.29, 1.82) is 0 Å². The van der Waals surface area contributed by atoms with Crippen molar-refractivity contribution < 1.29 is 19.4 Å². The first-order chi connectivity index (χ1) is 15.0. The van der Waals surface area contributed by atoms with Crippen LogP contribution in [0.5, 0.6) is 11.5 Å². The van der Waals surface area contributed by atoms with E-state index in [2.05, 4.69) is 31.5 Å². The molecular formula is C23H24BrN3O4. The molecule has 0 radical (unpaired) electrons. The molecule has 0 unspecified atom stereocenters. The molecule has 162 valence electrons. The Labute approximate surface area is 189 Å². The Morgan fingerprint density at radius 1 is 1.10 bits per heavy atom. The summed E-state index contributed by atoms with van der Waals surface area (Å²) in [4.78, 5) is 26.7. The van der Waals surface area contributed by atoms with E-state index in [0.29, 0.717) is 35.6 Å². The smallest absolute Gasteiger partial charge is 0.260 e. The Kier molecular flexibility index (Phi) is 6.58. The fraction of sp³-hybridized carbons (Fsp3) is 0.304. The number of likely N-dealkylation sites (tertiary alicyclic amines) is 1. The van der Waals surface area contributed by atoms with E-state index in [1.54, 1.807) is 36.5 Å². The van der Waals surface area contributed by atoms with E-state index in [1.807, 2.05) is 6.07 Å². The van der Waals surface area contributed by atoms with Crippen molar-refractivity contribution in [2.45, 2.75) is 19.4 Å². The highest BCUT2D eigenvalue weighted by Gasteiger charge is 2.27. The van der Waals surface area contributed by atoms with Crippen LogP contribution in [-0.4, -0.2) is 48.1 Å². The van der Waals surface area contributed by atoms with E-state index in [9.17, 15) is 14.7 Å². The summed E-state index contributed by atoms with van der Waals surface area (Å²) >= 11 is 3.38. The molecule has 1 saturated heterocycles. The first-order valence-corrected chi connectivity index (χ1v) is 11.1. The van der Waals surface area contributed by atoms with Gasteiger partial charge in [-0.2, -0.15) is 0 Å². The van der Waals surface area contributed by atoms with Crippen molar-refractivity contribution in [2.75, 3.05) is 26.2 Å². The highest BCUT2D eigenvalue weighted by atomic mass is 79.9. The molecule has 0 saturated carbocycles. The molecule has 0 atom stereocenters. The third kappa shape index (κ3) is 5.08. The molecule has 0 aliphatic carbocycles. The number of carbonyl (C=O) groups excluding carboxylic acids is 2. The standard InChI is InChI=1S/C23H24BrN3O4/c24-16-4-5-17-18(12-16)19(23(30)26-22(17)29)14-25-13-15-3-6-21(20(28)11-15)31-10-9-27-7-1-2-8-27/h3-6,11-12,14,25,28H,1-2,7-10,13H2,(H,26,29,30)/b19-14-. The highest BCUT2D eigenvalue weighted by Crippen LogP contribution is 2.28. The summed E-state index contributed by atoms with van der Waals surface area (Å²) in [6, 6.07) is 10.4. The minimum absolute atomic E-state index is 0.0867. The predicted molar refractivity (Wildman–Crippen MR) is 121 cm³/mol. The molecule has 2 aliphatic heterocycles. The predicted octanol–water partition coefficient (Wildman–Crippen LogP) is 3.03. The molecule has 0 spiro atoms. The second kappa shape index (κ2) is 9.53. The van der Waals surface area contributed by atoms with Gasteiger partial charge in [0.2, 0.25) is 0 Å². The number of nitrogens with one attached hydrogen (secondary N) is 2. The number of phenolic OH excluding ortho intramolecular Hbond substituents is 1. The molecule has 4 rings (SSSR count). The fourth-order valence-electron chi connectivity index (χ4n) is 3.80. The Bertz CT molecular complexity index is 1030. The molecular weight excluding hydrogens is 462 g/mol. The highest BCUT2D eigenvalue weighted by molar-refractivity contribution is 9.10. The molecule has 8 heteroatoms. The number of amides is 2. The normalized spacial score (nSPS) is 17.5. The largest absolute Gasteiger partial charge is 0.504 e. The number of imide groups is 1. The zero-order valence-electron chi connectivity index (χ0n) is 17.0. The van der Waals surface area contributed by atoms with Crippen LogP contribution in [0.4, 0.5) is 0 Å². The zero-order valence-corrected chi connectivity index (χ0v) is 18.6. The quantitative estimate of drug-likeness (QED) is 0.412. The van der Waals surface area contributed by atoms with Crippen LogP contribution in [-0.2, 0) is 11.3 Å². The van der Waals surface area contributed by atoms with Crippen molar-refractivity contribution in [1.82, 2.24) is 15.5 Å². The van der Waals surface area contributed by atoms with Crippen LogP contribution in [0.3, 0.4) is 0 Å². The minimum Gasteiger partial charge on any atom is -0.504 e. The van der Waals surface area contributed by atoms with Crippen molar-refractivity contribution in [2.24, 2.45) is 0 Å². The van der Waals surface area contributed by atoms with Crippen molar-refractivity contribution in [3.05, 3.63) is 63.8 Å². The monoisotopic (exact) mass is 485 g/mol. The lowest BCUT2D eigenvalue weighted by atomic mass is 9.95. The summed E-state index contributed by atoms with van der Waals surface area (Å²) in [5.41, 5.74) is 2.23. The maximum Gasteiger partial charge on any atom is 0.260 e. The van der Waals surface area contributed by atoms with E-state index < -0.39 is 11.8 Å². The second-order valence-corrected chi connectivity index (χ2v) is 8.53. The van der Waals surface area contributed by atoms with Crippen LogP contribution in [0.1, 0.15) is 34.3 Å². The van der Waals surface area contributed by atoms with Gasteiger partial charge in [0.15, 0.2) is 11.5 Å². The number of ether oxygens (including phenoxy) is 1. The van der Waals surface area contributed by atoms with Crippen LogP contribution >= 0.6 is 15.9 Å². The molecule has 2 heterocycles. The fourth-order valence-corrected chi connectivity index (χ4v) is 4.16. The van der Waals surface area contributed by atoms with Crippen molar-refractivity contribution in [3.8, 4) is 11.5 Å². The first kappa shape index (κ1) is 21.4. The molecule has 2 amide bonds. The molecule has 2 aliphatic rings. The lowest BCUT2D eigenvalue weighted by Crippen LogP contribution is -2.37. The van der Waals surface area contributed by atoms with E-state index in [0.717, 1.165) is 29.7 Å². The van der Waals surface area contributed by atoms with Gasteiger partial charge < -0.3 is 15.2 Å². The van der Waals surface area contributed by atoms with Crippen molar-refractivity contribution in [3.63, 3.8) is 0 Å². The number of halogens is 1. The Morgan fingerprint density at radius 3 is 2.68 bits per heavy atom. The summed E-state index contributed by atoms with van der Waals surface area (Å²) in [5.74, 6) is -0.309. The number of hydrogen-bond donors (Lipinski definition) is 3. The summed E-state index contributed by atoms with van der Waals surface area (Å²) in [6.45, 7) is 4.03. The molecule has 0 bridgehead atoms. The van der Waals surface area contributed by atoms with E-state index in [-0.39, 0.29) is 5.75 Å². The lowest BCUT2D eigenvalue weighted by Gasteiger charge is -2.18. The maximum absolute atomic E-state index is 12.3. The van der Waals surface area contributed by atoms with Gasteiger partial charge in [-0.25, -0.2) is 0 Å². The molecule has 1 fully saturated rings. The molecule has 2 aromatic carbocycles. The van der Waals surface area contributed by atoms with Gasteiger partial charge in [0.05, 0.1) is 5.57 Å². The number of fused-ring (bicyclic) bond motifs is 1. The Hall–Kier alpha value is -2.84. The Balaban J connectivity index is 1.38. The van der Waals surface area contributed by atoms with E-state index in [1.165, 1.54) is 12.8 Å². The molecule has 2 aromatic rings. The van der Waals surface area contributed by atoms with Crippen LogP contribution < -0.4 is 15.4 Å². The van der Waals surface area contributed by atoms with Gasteiger partial charge >= 0.3 is 0 Å². The van der Waals surface area contributed by atoms with Gasteiger partial charge in [0.1, 0.15) is 6.61 Å². The zero-order chi connectivity index (χ0) is 21.8. The number of rotatable bonds is 7. The average Bonchev–Trinajstić information content (AvgIpc) is 3.25. The van der Waals surface area contributed by atoms with Gasteiger partial charge in [-0.3, -0.25) is 19.8 Å². The third-order valence-electron chi connectivity index (χ3n) is 5.43. The summed E-state index contributed by atoms with van der Waals surface area (Å²) in [7, 11) is 0. The van der Waals surface area contributed by atoms with Gasteiger partial charge in [-0.05, 0) is 61.8 Å². The van der Waals surface area contributed by atoms with Crippen LogP contribution in [0.2, 0.25) is 0 Å². The number of benzene rings is 2. The first-order valence-electron chi connectivity index (χ1n) is 10.3. The summed E-state index contributed by atoms with van der Waals surface area (Å²) in [6.07, 6.45) is 4.07. The van der Waals surface area contributed by atoms with Crippen LogP contribution in [0.15, 0.2) is 47.1 Å². The van der Waals surface area contributed by atoms with E-state index >= 15 is 0 Å². The summed E-state index contributed by atoms with van der Waals surface area (Å²) < 4.78 is 6.50. The van der Waals surface area contributed by atoms with Crippen LogP contribution in [0.25, 0.3) is 5.57 Å². The third-order valence-corrected chi connectivity index (χ3v) is 5.92. The van der Waals surface area contributed by atoms with Gasteiger partial charge in [-0.1, -0.05) is 22.0 Å². The molecule has 7 nitrogen and oxygen atoms in total. The number of hydrogen-bond acceptors (Lipinski definition) is 6. The average molecular weight is 486 g/mol. The second-order valence-electron chi connectivity index (χ2n) is 7.61. The number of carbonyl (C=O) groups is 2. The van der Waals surface area contributed by atoms with Gasteiger partial charge in [0, 0.05) is 34.9 Å². The lowest BCUT2D eigenvalue weighted by molar-refractivity contribution is -0.114. The number of aromatic hydroxyl groups is 1. The number of phenols is 1. The van der Waals surface area contributed by atoms with Crippen LogP contribution in [0, 0.1) is 0 Å². The molecule has 0 aromatic heterocycles. The Morgan fingerprint density at radius 2 is 1.90 bits per heavy atom. The maximum atomic E-state index is 12.3. The van der Waals surface area contributed by atoms with E-state index in [4.69, 9.17) is 4.74 Å². The molecule has 31 heavy (non-hydrogen) atoms.